The molecule has 20 heavy (non-hydrogen) atoms. The molecular weight excluding hydrogens is 271 g/mol. The molecule has 0 saturated carbocycles. The number of quaternary nitrogens is 1. The molecule has 0 spiro atoms. The Morgan fingerprint density at radius 2 is 1.70 bits per heavy atom. The lowest BCUT2D eigenvalue weighted by molar-refractivity contribution is -0.869. The summed E-state index contributed by atoms with van der Waals surface area (Å²) < 4.78 is 40.5. The molecule has 4 nitrogen and oxygen atoms in total. The fraction of sp³-hybridized carbons (Fsp3) is 1.00. The van der Waals surface area contributed by atoms with Crippen molar-refractivity contribution in [1.82, 2.24) is 10.2 Å². The molecule has 0 aromatic carbocycles. The molecule has 0 rings (SSSR count). The largest absolute Gasteiger partial charge is 0.522 e. The zero-order chi connectivity index (χ0) is 15.8. The van der Waals surface area contributed by atoms with Gasteiger partial charge in [-0.25, -0.2) is 0 Å². The third-order valence-corrected chi connectivity index (χ3v) is 2.91. The van der Waals surface area contributed by atoms with Crippen LogP contribution in [-0.4, -0.2) is 82.3 Å². The van der Waals surface area contributed by atoms with Crippen LogP contribution in [0.3, 0.4) is 0 Å². The van der Waals surface area contributed by atoms with Crippen LogP contribution in [0.4, 0.5) is 13.2 Å². The Morgan fingerprint density at radius 3 is 2.15 bits per heavy atom. The van der Waals surface area contributed by atoms with E-state index in [1.54, 1.807) is 0 Å². The van der Waals surface area contributed by atoms with Crippen LogP contribution in [0.2, 0.25) is 0 Å². The summed E-state index contributed by atoms with van der Waals surface area (Å²) in [6.45, 7) is 7.31. The van der Waals surface area contributed by atoms with E-state index < -0.39 is 6.36 Å². The summed E-state index contributed by atoms with van der Waals surface area (Å²) in [7, 11) is 6.36. The highest BCUT2D eigenvalue weighted by Crippen LogP contribution is 2.15. The molecule has 0 unspecified atom stereocenters. The van der Waals surface area contributed by atoms with Crippen LogP contribution in [0.25, 0.3) is 0 Å². The van der Waals surface area contributed by atoms with E-state index in [0.717, 1.165) is 30.7 Å². The highest BCUT2D eigenvalue weighted by atomic mass is 19.4. The highest BCUT2D eigenvalue weighted by Gasteiger charge is 2.29. The monoisotopic (exact) mass is 300 g/mol. The smallest absolute Gasteiger partial charge is 0.330 e. The van der Waals surface area contributed by atoms with E-state index in [2.05, 4.69) is 31.2 Å². The Bertz CT molecular complexity index is 252. The third-order valence-electron chi connectivity index (χ3n) is 2.91. The minimum atomic E-state index is -4.54. The molecule has 1 N–H and O–H groups in total. The van der Waals surface area contributed by atoms with Gasteiger partial charge in [0.2, 0.25) is 0 Å². The summed E-state index contributed by atoms with van der Waals surface area (Å²) in [5.74, 6) is 0. The first kappa shape index (κ1) is 19.6. The molecule has 7 heteroatoms. The van der Waals surface area contributed by atoms with Gasteiger partial charge in [-0.05, 0) is 13.8 Å². The third kappa shape index (κ3) is 12.7. The first-order valence-corrected chi connectivity index (χ1v) is 6.97. The molecule has 0 aromatic heterocycles. The number of likely N-dealkylation sites (N-methyl/N-ethyl adjacent to an activating group) is 1. The predicted octanol–water partition coefficient (Wildman–Crippen LogP) is 1.53. The molecule has 122 valence electrons. The summed E-state index contributed by atoms with van der Waals surface area (Å²) in [5.41, 5.74) is 0. The fourth-order valence-corrected chi connectivity index (χ4v) is 1.67. The molecule has 0 saturated heterocycles. The second-order valence-corrected chi connectivity index (χ2v) is 6.19. The van der Waals surface area contributed by atoms with Crippen molar-refractivity contribution < 1.29 is 22.4 Å². The summed E-state index contributed by atoms with van der Waals surface area (Å²) in [6.07, 6.45) is -4.54. The zero-order valence-electron chi connectivity index (χ0n) is 13.3. The summed E-state index contributed by atoms with van der Waals surface area (Å²) in [6, 6.07) is 0.201. The van der Waals surface area contributed by atoms with Crippen molar-refractivity contribution in [3.8, 4) is 0 Å². The van der Waals surface area contributed by atoms with Gasteiger partial charge in [-0.2, -0.15) is 0 Å². The number of rotatable bonds is 10. The van der Waals surface area contributed by atoms with E-state index in [9.17, 15) is 13.2 Å². The number of halogens is 3. The molecule has 0 aliphatic carbocycles. The molecule has 0 radical (unpaired) electrons. The first-order valence-electron chi connectivity index (χ1n) is 6.97. The first-order chi connectivity index (χ1) is 9.01. The highest BCUT2D eigenvalue weighted by molar-refractivity contribution is 4.64. The van der Waals surface area contributed by atoms with Gasteiger partial charge in [0.05, 0.1) is 34.3 Å². The Labute approximate surface area is 120 Å². The fourth-order valence-electron chi connectivity index (χ4n) is 1.67. The van der Waals surface area contributed by atoms with Crippen molar-refractivity contribution in [3.05, 3.63) is 0 Å². The van der Waals surface area contributed by atoms with Crippen molar-refractivity contribution in [2.75, 3.05) is 60.5 Å². The van der Waals surface area contributed by atoms with Crippen LogP contribution in [0.1, 0.15) is 13.8 Å². The van der Waals surface area contributed by atoms with Crippen molar-refractivity contribution in [2.24, 2.45) is 0 Å². The van der Waals surface area contributed by atoms with Crippen molar-refractivity contribution in [2.45, 2.75) is 26.3 Å². The molecule has 0 amide bonds. The Balaban J connectivity index is 3.81. The van der Waals surface area contributed by atoms with Gasteiger partial charge in [0.25, 0.3) is 0 Å². The number of nitrogens with zero attached hydrogens (tertiary/aromatic N) is 2. The number of alkyl halides is 3. The molecule has 0 aromatic rings. The minimum absolute atomic E-state index is 0.201. The molecular formula is C13H29F3N3O+. The van der Waals surface area contributed by atoms with Gasteiger partial charge >= 0.3 is 6.36 Å². The van der Waals surface area contributed by atoms with Crippen LogP contribution < -0.4 is 5.32 Å². The molecule has 0 atom stereocenters. The van der Waals surface area contributed by atoms with E-state index in [0.29, 0.717) is 0 Å². The SMILES string of the molecule is CC(C)N(CCNCC[N+](C)(C)C)CCOC(F)(F)F. The van der Waals surface area contributed by atoms with E-state index in [1.807, 2.05) is 18.7 Å². The van der Waals surface area contributed by atoms with E-state index in [-0.39, 0.29) is 19.2 Å². The second-order valence-electron chi connectivity index (χ2n) is 6.19. The second kappa shape index (κ2) is 8.81. The number of nitrogens with one attached hydrogen (secondary N) is 1. The zero-order valence-corrected chi connectivity index (χ0v) is 13.3. The van der Waals surface area contributed by atoms with Gasteiger partial charge in [-0.3, -0.25) is 9.64 Å². The maximum Gasteiger partial charge on any atom is 0.522 e. The van der Waals surface area contributed by atoms with E-state index in [1.165, 1.54) is 0 Å². The lowest BCUT2D eigenvalue weighted by Crippen LogP contribution is -2.43. The molecule has 0 heterocycles. The molecule has 0 aliphatic heterocycles. The Hall–Kier alpha value is -0.370. The van der Waals surface area contributed by atoms with Gasteiger partial charge in [0.1, 0.15) is 0 Å². The molecule has 0 bridgehead atoms. The van der Waals surface area contributed by atoms with Gasteiger partial charge in [-0.1, -0.05) is 0 Å². The van der Waals surface area contributed by atoms with E-state index in [4.69, 9.17) is 0 Å². The van der Waals surface area contributed by atoms with Gasteiger partial charge < -0.3 is 9.80 Å². The predicted molar refractivity (Wildman–Crippen MR) is 74.5 cm³/mol. The van der Waals surface area contributed by atoms with Crippen LogP contribution in [0, 0.1) is 0 Å². The van der Waals surface area contributed by atoms with Crippen molar-refractivity contribution in [3.63, 3.8) is 0 Å². The van der Waals surface area contributed by atoms with Crippen LogP contribution in [0.5, 0.6) is 0 Å². The normalized spacial score (nSPS) is 13.5. The Kier molecular flexibility index (Phi) is 8.65. The number of ether oxygens (including phenoxy) is 1. The van der Waals surface area contributed by atoms with Gasteiger partial charge in [-0.15, -0.1) is 13.2 Å². The maximum atomic E-state index is 11.9. The Morgan fingerprint density at radius 1 is 1.10 bits per heavy atom. The average molecular weight is 300 g/mol. The van der Waals surface area contributed by atoms with Crippen molar-refractivity contribution in [1.29, 1.82) is 0 Å². The lowest BCUT2D eigenvalue weighted by Gasteiger charge is -2.27. The van der Waals surface area contributed by atoms with Crippen LogP contribution in [0.15, 0.2) is 0 Å². The molecule has 0 fully saturated rings. The minimum Gasteiger partial charge on any atom is -0.330 e. The number of hydrogen-bond donors (Lipinski definition) is 1. The van der Waals surface area contributed by atoms with Crippen LogP contribution in [-0.2, 0) is 4.74 Å². The van der Waals surface area contributed by atoms with Crippen molar-refractivity contribution >= 4 is 0 Å². The maximum absolute atomic E-state index is 11.9. The summed E-state index contributed by atoms with van der Waals surface area (Å²) in [4.78, 5) is 1.98. The summed E-state index contributed by atoms with van der Waals surface area (Å²) >= 11 is 0. The van der Waals surface area contributed by atoms with Gasteiger partial charge in [0.15, 0.2) is 0 Å². The quantitative estimate of drug-likeness (QED) is 0.489. The standard InChI is InChI=1S/C13H29F3N3O/c1-12(2)18(9-11-20-13(14,15)16)8-6-17-7-10-19(3,4)5/h12,17H,6-11H2,1-5H3/q+1. The number of hydrogen-bond acceptors (Lipinski definition) is 3. The van der Waals surface area contributed by atoms with Gasteiger partial charge in [0, 0.05) is 32.2 Å². The topological polar surface area (TPSA) is 24.5 Å². The molecule has 0 aliphatic rings. The lowest BCUT2D eigenvalue weighted by atomic mass is 10.3. The van der Waals surface area contributed by atoms with E-state index >= 15 is 0 Å². The van der Waals surface area contributed by atoms with Crippen LogP contribution >= 0.6 is 0 Å². The summed E-state index contributed by atoms with van der Waals surface area (Å²) in [5, 5.41) is 3.31. The average Bonchev–Trinajstić information content (AvgIpc) is 2.22.